The van der Waals surface area contributed by atoms with Gasteiger partial charge in [-0.3, -0.25) is 0 Å². The number of hydrogen-bond donors (Lipinski definition) is 0. The number of rotatable bonds is 0. The molecule has 0 aromatic heterocycles. The lowest BCUT2D eigenvalue weighted by molar-refractivity contribution is 0.568. The van der Waals surface area contributed by atoms with E-state index in [2.05, 4.69) is 209 Å². The van der Waals surface area contributed by atoms with Crippen LogP contribution < -0.4 is 0 Å². The predicted molar refractivity (Wildman–Crippen MR) is 238 cm³/mol. The Morgan fingerprint density at radius 3 is 1.43 bits per heavy atom. The van der Waals surface area contributed by atoms with Crippen molar-refractivity contribution in [2.75, 3.05) is 0 Å². The average Bonchev–Trinajstić information content (AvgIpc) is 3.07. The van der Waals surface area contributed by atoms with Crippen LogP contribution in [0.1, 0.15) is 157 Å². The van der Waals surface area contributed by atoms with Crippen LogP contribution in [0.25, 0.3) is 10.8 Å². The lowest BCUT2D eigenvalue weighted by Gasteiger charge is -2.27. The second-order valence-electron chi connectivity index (χ2n) is 19.7. The maximum absolute atomic E-state index is 2.32. The molecule has 0 amide bonds. The molecule has 5 aromatic carbocycles. The van der Waals surface area contributed by atoms with Crippen LogP contribution in [-0.4, -0.2) is 0 Å². The number of fused-ring (bicyclic) bond motifs is 2. The van der Waals surface area contributed by atoms with Gasteiger partial charge in [-0.2, -0.15) is 0 Å². The summed E-state index contributed by atoms with van der Waals surface area (Å²) in [5.41, 5.74) is 17.2. The van der Waals surface area contributed by atoms with Crippen LogP contribution in [0.3, 0.4) is 0 Å². The van der Waals surface area contributed by atoms with E-state index in [0.717, 1.165) is 0 Å². The van der Waals surface area contributed by atoms with Gasteiger partial charge in [-0.15, -0.1) is 0 Å². The van der Waals surface area contributed by atoms with Gasteiger partial charge in [-0.25, -0.2) is 0 Å². The second kappa shape index (κ2) is 17.7. The molecule has 0 bridgehead atoms. The molecule has 0 N–H and O–H groups in total. The molecule has 0 unspecified atom stereocenters. The van der Waals surface area contributed by atoms with Crippen molar-refractivity contribution in [1.29, 1.82) is 0 Å². The van der Waals surface area contributed by atoms with E-state index in [4.69, 9.17) is 0 Å². The Kier molecular flexibility index (Phi) is 14.6. The summed E-state index contributed by atoms with van der Waals surface area (Å²) in [6, 6.07) is 33.3. The van der Waals surface area contributed by atoms with Gasteiger partial charge < -0.3 is 0 Å². The average molecular weight is 711 g/mol. The summed E-state index contributed by atoms with van der Waals surface area (Å²) in [5, 5.41) is 2.71. The van der Waals surface area contributed by atoms with Crippen LogP contribution in [-0.2, 0) is 34.5 Å². The summed E-state index contributed by atoms with van der Waals surface area (Å²) in [6.07, 6.45) is 5.34. The van der Waals surface area contributed by atoms with Crippen LogP contribution in [0.15, 0.2) is 91.0 Å². The largest absolute Gasteiger partial charge is 0.0617 e. The van der Waals surface area contributed by atoms with E-state index in [9.17, 15) is 0 Å². The zero-order valence-electron chi connectivity index (χ0n) is 37.0. The van der Waals surface area contributed by atoms with Crippen LogP contribution in [0.5, 0.6) is 0 Å². The summed E-state index contributed by atoms with van der Waals surface area (Å²) >= 11 is 0. The molecule has 286 valence electrons. The van der Waals surface area contributed by atoms with Crippen molar-refractivity contribution in [1.82, 2.24) is 0 Å². The van der Waals surface area contributed by atoms with Gasteiger partial charge in [0.2, 0.25) is 0 Å². The molecule has 0 saturated heterocycles. The van der Waals surface area contributed by atoms with E-state index in [1.54, 1.807) is 16.7 Å². The molecule has 0 saturated carbocycles. The molecule has 6 rings (SSSR count). The highest BCUT2D eigenvalue weighted by Crippen LogP contribution is 2.33. The molecule has 0 heterocycles. The van der Waals surface area contributed by atoms with Crippen LogP contribution in [0.2, 0.25) is 0 Å². The van der Waals surface area contributed by atoms with E-state index >= 15 is 0 Å². The Balaban J connectivity index is 0.000000191. The highest BCUT2D eigenvalue weighted by Gasteiger charge is 2.21. The summed E-state index contributed by atoms with van der Waals surface area (Å²) < 4.78 is 0. The van der Waals surface area contributed by atoms with Crippen molar-refractivity contribution in [3.05, 3.63) is 152 Å². The number of hydrogen-bond acceptors (Lipinski definition) is 0. The summed E-state index contributed by atoms with van der Waals surface area (Å²) in [5.74, 6) is 0. The van der Waals surface area contributed by atoms with E-state index < -0.39 is 0 Å². The van der Waals surface area contributed by atoms with Gasteiger partial charge in [0, 0.05) is 0 Å². The smallest absolute Gasteiger partial charge is 0.0126 e. The molecular weight excluding hydrogens is 637 g/mol. The number of aryl methyl sites for hydroxylation is 5. The second-order valence-corrected chi connectivity index (χ2v) is 19.7. The first-order chi connectivity index (χ1) is 24.4. The van der Waals surface area contributed by atoms with E-state index in [1.807, 2.05) is 0 Å². The maximum atomic E-state index is 2.32. The van der Waals surface area contributed by atoms with E-state index in [1.165, 1.54) is 81.0 Å². The van der Waals surface area contributed by atoms with Gasteiger partial charge in [0.05, 0.1) is 0 Å². The number of benzene rings is 5. The Bertz CT molecular complexity index is 1910. The Morgan fingerprint density at radius 1 is 0.396 bits per heavy atom. The molecular formula is C53H74. The molecule has 0 nitrogen and oxygen atoms in total. The highest BCUT2D eigenvalue weighted by molar-refractivity contribution is 5.86. The molecule has 1 aliphatic carbocycles. The Labute approximate surface area is 326 Å². The molecule has 0 heteroatoms. The quantitative estimate of drug-likeness (QED) is 0.150. The van der Waals surface area contributed by atoms with Gasteiger partial charge in [0.1, 0.15) is 0 Å². The summed E-state index contributed by atoms with van der Waals surface area (Å²) in [7, 11) is 0. The fourth-order valence-electron chi connectivity index (χ4n) is 7.04. The Hall–Kier alpha value is -3.64. The summed E-state index contributed by atoms with van der Waals surface area (Å²) in [6.45, 7) is 38.2. The van der Waals surface area contributed by atoms with Crippen molar-refractivity contribution >= 4 is 10.8 Å². The molecule has 0 spiro atoms. The van der Waals surface area contributed by atoms with Gasteiger partial charge in [-0.05, 0) is 154 Å². The van der Waals surface area contributed by atoms with Crippen molar-refractivity contribution in [2.45, 2.75) is 165 Å². The van der Waals surface area contributed by atoms with Crippen molar-refractivity contribution in [3.63, 3.8) is 0 Å². The molecule has 0 atom stereocenters. The predicted octanol–water partition coefficient (Wildman–Crippen LogP) is 15.5. The Morgan fingerprint density at radius 2 is 0.887 bits per heavy atom. The van der Waals surface area contributed by atoms with Crippen LogP contribution >= 0.6 is 0 Å². The molecule has 53 heavy (non-hydrogen) atoms. The molecule has 1 aliphatic rings. The minimum absolute atomic E-state index is 0.223. The van der Waals surface area contributed by atoms with Crippen molar-refractivity contribution in [3.8, 4) is 0 Å². The fraction of sp³-hybridized carbons (Fsp3) is 0.472. The van der Waals surface area contributed by atoms with Crippen LogP contribution in [0, 0.1) is 34.6 Å². The van der Waals surface area contributed by atoms with Gasteiger partial charge in [-0.1, -0.05) is 174 Å². The highest BCUT2D eigenvalue weighted by atomic mass is 14.3. The minimum atomic E-state index is 0.223. The lowest BCUT2D eigenvalue weighted by Crippen LogP contribution is -2.17. The third-order valence-corrected chi connectivity index (χ3v) is 11.0. The summed E-state index contributed by atoms with van der Waals surface area (Å²) in [4.78, 5) is 0. The topological polar surface area (TPSA) is 0 Å². The van der Waals surface area contributed by atoms with Crippen molar-refractivity contribution < 1.29 is 0 Å². The fourth-order valence-corrected chi connectivity index (χ4v) is 7.04. The first kappa shape index (κ1) is 43.8. The van der Waals surface area contributed by atoms with E-state index in [0.29, 0.717) is 5.41 Å². The molecule has 0 aliphatic heterocycles. The normalized spacial score (nSPS) is 13.1. The zero-order chi connectivity index (χ0) is 39.9. The molecule has 5 aromatic rings. The van der Waals surface area contributed by atoms with Gasteiger partial charge in [0.15, 0.2) is 0 Å². The first-order valence-corrected chi connectivity index (χ1v) is 20.2. The molecule has 0 radical (unpaired) electrons. The monoisotopic (exact) mass is 711 g/mol. The van der Waals surface area contributed by atoms with Crippen molar-refractivity contribution in [2.24, 2.45) is 0 Å². The first-order valence-electron chi connectivity index (χ1n) is 20.2. The molecule has 0 fully saturated rings. The van der Waals surface area contributed by atoms with E-state index in [-0.39, 0.29) is 16.2 Å². The zero-order valence-corrected chi connectivity index (χ0v) is 37.0. The third-order valence-electron chi connectivity index (χ3n) is 11.0. The maximum Gasteiger partial charge on any atom is -0.0126 e. The van der Waals surface area contributed by atoms with Crippen LogP contribution in [0.4, 0.5) is 0 Å². The minimum Gasteiger partial charge on any atom is -0.0617 e. The van der Waals surface area contributed by atoms with Gasteiger partial charge in [0.25, 0.3) is 0 Å². The standard InChI is InChI=1S/C14H20.C14H16.C13H20.C12H18/c2*1-14(2,3)13-10-6-8-11-7-4-5-9-12(11)13;1-9-7-12(13(4,5)6)8-10(2)11(9)3;1-9-6-7-11(8-10(9)2)12(3,4)5/h6,8,10H,4-5,7,9H2,1-3H3;4-10H,1-3H3;7-8H,1-6H3;6-8H,1-5H3. The lowest BCUT2D eigenvalue weighted by atomic mass is 9.78. The third kappa shape index (κ3) is 12.5. The SMILES string of the molecule is CC(C)(C)c1cccc2c1CCCC2.CC(C)(C)c1cccc2ccccc12.Cc1cc(C(C)(C)C)cc(C)c1C.Cc1ccc(C(C)(C)C)cc1C. The van der Waals surface area contributed by atoms with Gasteiger partial charge >= 0.3 is 0 Å².